The van der Waals surface area contributed by atoms with Crippen LogP contribution in [0.25, 0.3) is 0 Å². The van der Waals surface area contributed by atoms with Gasteiger partial charge in [-0.1, -0.05) is 0 Å². The number of amides is 1. The molecule has 102 valence electrons. The normalized spacial score (nSPS) is 22.3. The van der Waals surface area contributed by atoms with E-state index in [9.17, 15) is 4.79 Å². The number of benzene rings is 1. The maximum absolute atomic E-state index is 12.2. The fraction of sp³-hybridized carbons (Fsp3) is 0.400. The van der Waals surface area contributed by atoms with Crippen molar-refractivity contribution in [3.8, 4) is 12.1 Å². The van der Waals surface area contributed by atoms with Crippen LogP contribution >= 0.6 is 0 Å². The highest BCUT2D eigenvalue weighted by Gasteiger charge is 2.37. The Labute approximate surface area is 118 Å². The lowest BCUT2D eigenvalue weighted by Crippen LogP contribution is -2.60. The third-order valence-corrected chi connectivity index (χ3v) is 3.59. The van der Waals surface area contributed by atoms with E-state index >= 15 is 0 Å². The molecule has 0 saturated carbocycles. The fourth-order valence-electron chi connectivity index (χ4n) is 2.67. The molecule has 0 bridgehead atoms. The first kappa shape index (κ1) is 13.9. The van der Waals surface area contributed by atoms with Gasteiger partial charge in [-0.3, -0.25) is 4.79 Å². The minimum absolute atomic E-state index is 0.0333. The highest BCUT2D eigenvalue weighted by atomic mass is 16.2. The Hall–Kier alpha value is -2.53. The first-order valence-electron chi connectivity index (χ1n) is 6.49. The second-order valence-electron chi connectivity index (χ2n) is 5.01. The van der Waals surface area contributed by atoms with E-state index in [1.807, 2.05) is 24.0 Å². The summed E-state index contributed by atoms with van der Waals surface area (Å²) in [7, 11) is 1.76. The predicted molar refractivity (Wildman–Crippen MR) is 74.8 cm³/mol. The summed E-state index contributed by atoms with van der Waals surface area (Å²) in [5.74, 6) is -0.0333. The second-order valence-corrected chi connectivity index (χ2v) is 5.01. The van der Waals surface area contributed by atoms with Crippen molar-refractivity contribution >= 4 is 11.6 Å². The van der Waals surface area contributed by atoms with Gasteiger partial charge in [0, 0.05) is 25.3 Å². The molecule has 1 aromatic rings. The van der Waals surface area contributed by atoms with Crippen LogP contribution in [0.4, 0.5) is 5.69 Å². The molecule has 1 aromatic carbocycles. The van der Waals surface area contributed by atoms with Gasteiger partial charge in [0.25, 0.3) is 0 Å². The lowest BCUT2D eigenvalue weighted by Gasteiger charge is -2.44. The molecular formula is C15H16N4O. The van der Waals surface area contributed by atoms with Gasteiger partial charge in [-0.15, -0.1) is 0 Å². The molecule has 0 N–H and O–H groups in total. The fourth-order valence-corrected chi connectivity index (χ4v) is 2.67. The molecule has 2 atom stereocenters. The molecule has 1 fully saturated rings. The lowest BCUT2D eigenvalue weighted by atomic mass is 10.0. The number of carbonyl (C=O) groups is 1. The van der Waals surface area contributed by atoms with Gasteiger partial charge in [-0.05, 0) is 31.2 Å². The summed E-state index contributed by atoms with van der Waals surface area (Å²) in [5.41, 5.74) is 1.46. The second kappa shape index (κ2) is 5.63. The van der Waals surface area contributed by atoms with Gasteiger partial charge in [0.05, 0.1) is 24.1 Å². The van der Waals surface area contributed by atoms with E-state index in [-0.39, 0.29) is 18.4 Å². The van der Waals surface area contributed by atoms with Crippen LogP contribution in [0.2, 0.25) is 0 Å². The Morgan fingerprint density at radius 2 is 1.95 bits per heavy atom. The smallest absolute Gasteiger partial charge is 0.246 e. The van der Waals surface area contributed by atoms with Gasteiger partial charge >= 0.3 is 0 Å². The quantitative estimate of drug-likeness (QED) is 0.815. The van der Waals surface area contributed by atoms with Gasteiger partial charge in [0.2, 0.25) is 5.91 Å². The number of hydrogen-bond acceptors (Lipinski definition) is 4. The zero-order valence-corrected chi connectivity index (χ0v) is 11.6. The molecule has 0 aromatic heterocycles. The largest absolute Gasteiger partial charge is 0.354 e. The van der Waals surface area contributed by atoms with Crippen molar-refractivity contribution in [1.82, 2.24) is 4.90 Å². The number of anilines is 1. The molecule has 20 heavy (non-hydrogen) atoms. The van der Waals surface area contributed by atoms with E-state index < -0.39 is 6.04 Å². The summed E-state index contributed by atoms with van der Waals surface area (Å²) in [6, 6.07) is 11.0. The van der Waals surface area contributed by atoms with Crippen LogP contribution in [-0.2, 0) is 4.79 Å². The lowest BCUT2D eigenvalue weighted by molar-refractivity contribution is -0.133. The molecule has 1 aliphatic rings. The van der Waals surface area contributed by atoms with Crippen LogP contribution in [0, 0.1) is 22.7 Å². The van der Waals surface area contributed by atoms with Crippen LogP contribution in [0.1, 0.15) is 18.9 Å². The Kier molecular flexibility index (Phi) is 3.91. The van der Waals surface area contributed by atoms with Crippen molar-refractivity contribution in [2.75, 3.05) is 18.5 Å². The van der Waals surface area contributed by atoms with Crippen molar-refractivity contribution in [1.29, 1.82) is 10.5 Å². The molecule has 2 rings (SSSR count). The standard InChI is InChI=1S/C15H16N4O/c1-11-10-18(2)15(20)14(7-8-16)19(11)13-5-3-12(9-17)4-6-13/h3-6,11,14H,7,10H2,1-2H3. The van der Waals surface area contributed by atoms with Crippen molar-refractivity contribution in [3.05, 3.63) is 29.8 Å². The highest BCUT2D eigenvalue weighted by molar-refractivity contribution is 5.87. The van der Waals surface area contributed by atoms with Crippen LogP contribution < -0.4 is 4.90 Å². The number of nitrogens with zero attached hydrogens (tertiary/aromatic N) is 4. The molecule has 0 aliphatic carbocycles. The van der Waals surface area contributed by atoms with E-state index in [0.29, 0.717) is 12.1 Å². The molecule has 2 unspecified atom stereocenters. The number of rotatable bonds is 2. The minimum atomic E-state index is -0.457. The summed E-state index contributed by atoms with van der Waals surface area (Å²) in [4.78, 5) is 15.9. The number of likely N-dealkylation sites (N-methyl/N-ethyl adjacent to an activating group) is 1. The molecule has 1 heterocycles. The van der Waals surface area contributed by atoms with E-state index in [1.54, 1.807) is 24.1 Å². The maximum atomic E-state index is 12.2. The predicted octanol–water partition coefficient (Wildman–Crippen LogP) is 1.51. The first-order valence-corrected chi connectivity index (χ1v) is 6.49. The Bertz CT molecular complexity index is 581. The molecule has 5 nitrogen and oxygen atoms in total. The zero-order valence-electron chi connectivity index (χ0n) is 11.6. The van der Waals surface area contributed by atoms with E-state index in [4.69, 9.17) is 10.5 Å². The Balaban J connectivity index is 2.37. The third-order valence-electron chi connectivity index (χ3n) is 3.59. The molecule has 1 saturated heterocycles. The minimum Gasteiger partial charge on any atom is -0.354 e. The molecule has 1 aliphatic heterocycles. The summed E-state index contributed by atoms with van der Waals surface area (Å²) in [6.07, 6.45) is 0.160. The average Bonchev–Trinajstić information content (AvgIpc) is 2.45. The molecule has 5 heteroatoms. The van der Waals surface area contributed by atoms with Crippen molar-refractivity contribution in [2.45, 2.75) is 25.4 Å². The van der Waals surface area contributed by atoms with E-state index in [2.05, 4.69) is 12.1 Å². The summed E-state index contributed by atoms with van der Waals surface area (Å²) >= 11 is 0. The third kappa shape index (κ3) is 2.44. The van der Waals surface area contributed by atoms with Crippen LogP contribution in [0.5, 0.6) is 0 Å². The number of piperazine rings is 1. The van der Waals surface area contributed by atoms with E-state index in [0.717, 1.165) is 5.69 Å². The number of nitriles is 2. The topological polar surface area (TPSA) is 71.1 Å². The molecule has 0 radical (unpaired) electrons. The Morgan fingerprint density at radius 3 is 2.50 bits per heavy atom. The zero-order chi connectivity index (χ0) is 14.7. The van der Waals surface area contributed by atoms with Gasteiger partial charge in [0.1, 0.15) is 6.04 Å². The van der Waals surface area contributed by atoms with Gasteiger partial charge < -0.3 is 9.80 Å². The van der Waals surface area contributed by atoms with Gasteiger partial charge in [-0.2, -0.15) is 10.5 Å². The Morgan fingerprint density at radius 1 is 1.30 bits per heavy atom. The molecule has 0 spiro atoms. The summed E-state index contributed by atoms with van der Waals surface area (Å²) < 4.78 is 0. The number of hydrogen-bond donors (Lipinski definition) is 0. The average molecular weight is 268 g/mol. The van der Waals surface area contributed by atoms with Crippen LogP contribution in [0.3, 0.4) is 0 Å². The summed E-state index contributed by atoms with van der Waals surface area (Å²) in [6.45, 7) is 2.66. The van der Waals surface area contributed by atoms with Crippen molar-refractivity contribution in [2.24, 2.45) is 0 Å². The van der Waals surface area contributed by atoms with E-state index in [1.165, 1.54) is 0 Å². The molecular weight excluding hydrogens is 252 g/mol. The summed E-state index contributed by atoms with van der Waals surface area (Å²) in [5, 5.41) is 17.8. The van der Waals surface area contributed by atoms with Crippen molar-refractivity contribution < 1.29 is 4.79 Å². The monoisotopic (exact) mass is 268 g/mol. The van der Waals surface area contributed by atoms with Gasteiger partial charge in [0.15, 0.2) is 0 Å². The van der Waals surface area contributed by atoms with Crippen molar-refractivity contribution in [3.63, 3.8) is 0 Å². The van der Waals surface area contributed by atoms with Crippen LogP contribution in [-0.4, -0.2) is 36.5 Å². The highest BCUT2D eigenvalue weighted by Crippen LogP contribution is 2.26. The van der Waals surface area contributed by atoms with Crippen LogP contribution in [0.15, 0.2) is 24.3 Å². The molecule has 1 amide bonds. The van der Waals surface area contributed by atoms with Gasteiger partial charge in [-0.25, -0.2) is 0 Å². The number of carbonyl (C=O) groups excluding carboxylic acids is 1. The SMILES string of the molecule is CC1CN(C)C(=O)C(CC#N)N1c1ccc(C#N)cc1. The first-order chi connectivity index (χ1) is 9.58. The maximum Gasteiger partial charge on any atom is 0.246 e.